The number of fused-ring (bicyclic) bond motifs is 1. The Morgan fingerprint density at radius 2 is 2.00 bits per heavy atom. The van der Waals surface area contributed by atoms with Gasteiger partial charge in [0.2, 0.25) is 0 Å². The van der Waals surface area contributed by atoms with Crippen molar-refractivity contribution in [1.29, 1.82) is 5.26 Å². The van der Waals surface area contributed by atoms with Gasteiger partial charge in [0.1, 0.15) is 17.5 Å². The first-order chi connectivity index (χ1) is 13.7. The fourth-order valence-electron chi connectivity index (χ4n) is 2.71. The zero-order chi connectivity index (χ0) is 19.9. The number of furan rings is 1. The van der Waals surface area contributed by atoms with Gasteiger partial charge in [-0.15, -0.1) is 0 Å². The van der Waals surface area contributed by atoms with Gasteiger partial charge < -0.3 is 19.8 Å². The van der Waals surface area contributed by atoms with Gasteiger partial charge in [-0.3, -0.25) is 9.59 Å². The van der Waals surface area contributed by atoms with Gasteiger partial charge in [0.15, 0.2) is 5.76 Å². The molecule has 0 aliphatic carbocycles. The van der Waals surface area contributed by atoms with Crippen LogP contribution in [0.5, 0.6) is 0 Å². The maximum Gasteiger partial charge on any atom is 0.292 e. The molecule has 0 saturated carbocycles. The summed E-state index contributed by atoms with van der Waals surface area (Å²) in [6.07, 6.45) is 2.02. The summed E-state index contributed by atoms with van der Waals surface area (Å²) in [5.74, 6) is -0.603. The van der Waals surface area contributed by atoms with E-state index in [0.717, 1.165) is 0 Å². The zero-order valence-corrected chi connectivity index (χ0v) is 15.2. The molecule has 0 fully saturated rings. The predicted molar refractivity (Wildman–Crippen MR) is 101 cm³/mol. The lowest BCUT2D eigenvalue weighted by Gasteiger charge is -2.06. The van der Waals surface area contributed by atoms with Gasteiger partial charge in [0, 0.05) is 31.4 Å². The summed E-state index contributed by atoms with van der Waals surface area (Å²) in [7, 11) is 1.58. The Kier molecular flexibility index (Phi) is 5.99. The molecule has 2 N–H and O–H groups in total. The highest BCUT2D eigenvalue weighted by atomic mass is 16.5. The Balaban J connectivity index is 1.90. The first-order valence-electron chi connectivity index (χ1n) is 8.60. The summed E-state index contributed by atoms with van der Waals surface area (Å²) >= 11 is 0. The van der Waals surface area contributed by atoms with Crippen molar-refractivity contribution < 1.29 is 18.7 Å². The maximum absolute atomic E-state index is 12.4. The van der Waals surface area contributed by atoms with Crippen LogP contribution in [0.3, 0.4) is 0 Å². The van der Waals surface area contributed by atoms with E-state index in [1.807, 2.05) is 6.07 Å². The Morgan fingerprint density at radius 3 is 2.68 bits per heavy atom. The van der Waals surface area contributed by atoms with Gasteiger partial charge >= 0.3 is 0 Å². The second-order valence-electron chi connectivity index (χ2n) is 5.88. The quantitative estimate of drug-likeness (QED) is 0.452. The number of nitriles is 1. The molecule has 1 aromatic carbocycles. The molecule has 8 nitrogen and oxygen atoms in total. The number of nitrogens with one attached hydrogen (secondary N) is 2. The van der Waals surface area contributed by atoms with Gasteiger partial charge in [-0.2, -0.15) is 5.26 Å². The molecule has 0 bridgehead atoms. The molecule has 3 rings (SSSR count). The van der Waals surface area contributed by atoms with Crippen molar-refractivity contribution >= 4 is 23.3 Å². The molecule has 0 unspecified atom stereocenters. The van der Waals surface area contributed by atoms with Crippen molar-refractivity contribution in [3.8, 4) is 6.07 Å². The number of methoxy groups -OCH3 is 1. The number of nitrogens with zero attached hydrogens (tertiary/aromatic N) is 2. The predicted octanol–water partition coefficient (Wildman–Crippen LogP) is 1.86. The molecule has 0 radical (unpaired) electrons. The van der Waals surface area contributed by atoms with Crippen LogP contribution >= 0.6 is 0 Å². The number of benzene rings is 1. The number of aliphatic imine (C=N–C) groups is 1. The largest absolute Gasteiger partial charge is 0.459 e. The van der Waals surface area contributed by atoms with E-state index in [-0.39, 0.29) is 22.9 Å². The number of amidine groups is 1. The second-order valence-corrected chi connectivity index (χ2v) is 5.88. The van der Waals surface area contributed by atoms with E-state index >= 15 is 0 Å². The van der Waals surface area contributed by atoms with Crippen LogP contribution in [0.25, 0.3) is 5.70 Å². The molecule has 28 heavy (non-hydrogen) atoms. The van der Waals surface area contributed by atoms with E-state index in [1.165, 1.54) is 12.3 Å². The zero-order valence-electron chi connectivity index (χ0n) is 15.2. The van der Waals surface area contributed by atoms with Crippen LogP contribution in [0.1, 0.15) is 28.1 Å². The molecule has 8 heteroatoms. The minimum absolute atomic E-state index is 0.118. The van der Waals surface area contributed by atoms with Crippen LogP contribution in [0.15, 0.2) is 57.6 Å². The molecule has 2 amide bonds. The average molecular weight is 378 g/mol. The summed E-state index contributed by atoms with van der Waals surface area (Å²) in [6.45, 7) is 0.876. The van der Waals surface area contributed by atoms with E-state index in [2.05, 4.69) is 15.6 Å². The molecule has 142 valence electrons. The van der Waals surface area contributed by atoms with E-state index in [1.54, 1.807) is 37.4 Å². The molecule has 0 spiro atoms. The third kappa shape index (κ3) is 4.00. The molecule has 1 aliphatic rings. The first-order valence-corrected chi connectivity index (χ1v) is 8.60. The summed E-state index contributed by atoms with van der Waals surface area (Å²) in [5.41, 5.74) is 1.32. The first kappa shape index (κ1) is 19.1. The van der Waals surface area contributed by atoms with Crippen molar-refractivity contribution in [2.45, 2.75) is 6.42 Å². The SMILES string of the molecule is COCCCNC(=O)/C(C#N)=C1/N=C(NC(=O)c2ccco2)c2ccccc21. The monoisotopic (exact) mass is 378 g/mol. The summed E-state index contributed by atoms with van der Waals surface area (Å²) in [6, 6.07) is 12.1. The second kappa shape index (κ2) is 8.79. The number of hydrogen-bond acceptors (Lipinski definition) is 6. The fraction of sp³-hybridized carbons (Fsp3) is 0.200. The van der Waals surface area contributed by atoms with E-state index in [4.69, 9.17) is 9.15 Å². The lowest BCUT2D eigenvalue weighted by molar-refractivity contribution is -0.117. The van der Waals surface area contributed by atoms with Crippen molar-refractivity contribution in [2.75, 3.05) is 20.3 Å². The van der Waals surface area contributed by atoms with Gasteiger partial charge in [-0.05, 0) is 18.6 Å². The van der Waals surface area contributed by atoms with E-state index in [0.29, 0.717) is 30.7 Å². The maximum atomic E-state index is 12.4. The van der Waals surface area contributed by atoms with Crippen LogP contribution < -0.4 is 10.6 Å². The number of carbonyl (C=O) groups excluding carboxylic acids is 2. The molecular weight excluding hydrogens is 360 g/mol. The third-order valence-electron chi connectivity index (χ3n) is 4.02. The smallest absolute Gasteiger partial charge is 0.292 e. The molecule has 2 aromatic rings. The van der Waals surface area contributed by atoms with Crippen LogP contribution in [-0.4, -0.2) is 37.9 Å². The van der Waals surface area contributed by atoms with Crippen LogP contribution in [-0.2, 0) is 9.53 Å². The molecule has 2 heterocycles. The lowest BCUT2D eigenvalue weighted by Crippen LogP contribution is -2.30. The van der Waals surface area contributed by atoms with Crippen molar-refractivity contribution in [3.63, 3.8) is 0 Å². The molecular formula is C20H18N4O4. The van der Waals surface area contributed by atoms with Crippen LogP contribution in [0.2, 0.25) is 0 Å². The summed E-state index contributed by atoms with van der Waals surface area (Å²) in [4.78, 5) is 29.1. The van der Waals surface area contributed by atoms with Crippen molar-refractivity contribution in [2.24, 2.45) is 4.99 Å². The van der Waals surface area contributed by atoms with Gasteiger partial charge in [0.25, 0.3) is 11.8 Å². The average Bonchev–Trinajstić information content (AvgIpc) is 3.36. The van der Waals surface area contributed by atoms with E-state index in [9.17, 15) is 14.9 Å². The number of hydrogen-bond donors (Lipinski definition) is 2. The Labute approximate surface area is 161 Å². The minimum atomic E-state index is -0.522. The molecule has 0 atom stereocenters. The Bertz CT molecular complexity index is 984. The van der Waals surface area contributed by atoms with Gasteiger partial charge in [-0.1, -0.05) is 24.3 Å². The lowest BCUT2D eigenvalue weighted by atomic mass is 10.0. The van der Waals surface area contributed by atoms with Gasteiger partial charge in [-0.25, -0.2) is 4.99 Å². The number of rotatable bonds is 6. The molecule has 1 aromatic heterocycles. The summed E-state index contributed by atoms with van der Waals surface area (Å²) < 4.78 is 10.0. The highest BCUT2D eigenvalue weighted by Crippen LogP contribution is 2.30. The van der Waals surface area contributed by atoms with Gasteiger partial charge in [0.05, 0.1) is 12.0 Å². The Morgan fingerprint density at radius 1 is 1.21 bits per heavy atom. The molecule has 0 saturated heterocycles. The topological polar surface area (TPSA) is 117 Å². The highest BCUT2D eigenvalue weighted by Gasteiger charge is 2.27. The molecule has 1 aliphatic heterocycles. The third-order valence-corrected chi connectivity index (χ3v) is 4.02. The standard InChI is InChI=1S/C20H18N4O4/c1-27-10-5-9-22-19(25)15(12-21)17-13-6-2-3-7-14(13)18(23-17)24-20(26)16-8-4-11-28-16/h2-4,6-8,11H,5,9-10H2,1H3,(H,22,25)(H,23,24,26)/b17-15+. The Hall–Kier alpha value is -3.70. The highest BCUT2D eigenvalue weighted by molar-refractivity contribution is 6.20. The normalized spacial score (nSPS) is 13.9. The number of ether oxygens (including phenoxy) is 1. The van der Waals surface area contributed by atoms with Crippen LogP contribution in [0, 0.1) is 11.3 Å². The van der Waals surface area contributed by atoms with E-state index < -0.39 is 11.8 Å². The number of amides is 2. The summed E-state index contributed by atoms with van der Waals surface area (Å²) in [5, 5.41) is 14.9. The number of carbonyl (C=O) groups is 2. The minimum Gasteiger partial charge on any atom is -0.459 e. The fourth-order valence-corrected chi connectivity index (χ4v) is 2.71. The van der Waals surface area contributed by atoms with Crippen LogP contribution in [0.4, 0.5) is 0 Å². The van der Waals surface area contributed by atoms with Crippen molar-refractivity contribution in [1.82, 2.24) is 10.6 Å². The van der Waals surface area contributed by atoms with Crippen molar-refractivity contribution in [3.05, 3.63) is 65.1 Å².